The largest absolute Gasteiger partial charge is 0.347 e. The Bertz CT molecular complexity index is 403. The lowest BCUT2D eigenvalue weighted by Crippen LogP contribution is -2.38. The van der Waals surface area contributed by atoms with Gasteiger partial charge in [-0.3, -0.25) is 4.79 Å². The third-order valence-electron chi connectivity index (χ3n) is 3.94. The fraction of sp³-hybridized carbons (Fsp3) is 0.667. The zero-order valence-electron chi connectivity index (χ0n) is 10.0. The molecule has 3 heterocycles. The molecule has 3 atom stereocenters. The van der Waals surface area contributed by atoms with Gasteiger partial charge in [-0.05, 0) is 19.3 Å². The number of nitrogens with zero attached hydrogens (tertiary/aromatic N) is 2. The highest BCUT2D eigenvalue weighted by atomic mass is 16.2. The molecule has 2 fully saturated rings. The Morgan fingerprint density at radius 2 is 2.47 bits per heavy atom. The first-order valence-electron chi connectivity index (χ1n) is 6.23. The number of carbonyl (C=O) groups excluding carboxylic acids is 1. The van der Waals surface area contributed by atoms with Gasteiger partial charge in [0.2, 0.25) is 5.91 Å². The molecule has 0 spiro atoms. The number of carbonyl (C=O) groups is 1. The van der Waals surface area contributed by atoms with Crippen LogP contribution in [0.25, 0.3) is 0 Å². The van der Waals surface area contributed by atoms with E-state index in [1.165, 1.54) is 6.42 Å². The van der Waals surface area contributed by atoms with Crippen LogP contribution in [0.1, 0.15) is 25.1 Å². The molecule has 1 amide bonds. The summed E-state index contributed by atoms with van der Waals surface area (Å²) in [6, 6.07) is 0.984. The van der Waals surface area contributed by atoms with Gasteiger partial charge in [-0.25, -0.2) is 4.98 Å². The predicted octanol–water partition coefficient (Wildman–Crippen LogP) is 0.509. The van der Waals surface area contributed by atoms with Gasteiger partial charge in [0.15, 0.2) is 0 Å². The van der Waals surface area contributed by atoms with E-state index in [-0.39, 0.29) is 11.8 Å². The van der Waals surface area contributed by atoms with E-state index in [0.717, 1.165) is 18.7 Å². The van der Waals surface area contributed by atoms with Crippen molar-refractivity contribution in [1.82, 2.24) is 20.2 Å². The number of hydrogen-bond donors (Lipinski definition) is 2. The number of hydrogen-bond acceptors (Lipinski definition) is 3. The summed E-state index contributed by atoms with van der Waals surface area (Å²) in [6.07, 6.45) is 6.89. The molecule has 2 saturated heterocycles. The smallest absolute Gasteiger partial charge is 0.227 e. The maximum absolute atomic E-state index is 12.3. The number of amides is 1. The molecule has 2 aliphatic rings. The van der Waals surface area contributed by atoms with E-state index < -0.39 is 0 Å². The molecule has 5 heteroatoms. The van der Waals surface area contributed by atoms with Crippen LogP contribution in [-0.4, -0.2) is 39.9 Å². The second kappa shape index (κ2) is 4.14. The van der Waals surface area contributed by atoms with E-state index in [0.29, 0.717) is 18.6 Å². The van der Waals surface area contributed by atoms with E-state index in [1.807, 2.05) is 7.05 Å². The van der Waals surface area contributed by atoms with E-state index in [4.69, 9.17) is 0 Å². The minimum absolute atomic E-state index is 0.175. The molecule has 17 heavy (non-hydrogen) atoms. The monoisotopic (exact) mass is 234 g/mol. The van der Waals surface area contributed by atoms with Crippen molar-refractivity contribution in [2.24, 2.45) is 5.92 Å². The van der Waals surface area contributed by atoms with Crippen molar-refractivity contribution in [3.05, 3.63) is 18.2 Å². The van der Waals surface area contributed by atoms with Gasteiger partial charge in [0.05, 0.1) is 12.5 Å². The zero-order valence-corrected chi connectivity index (χ0v) is 10.0. The number of fused-ring (bicyclic) bond motifs is 2. The summed E-state index contributed by atoms with van der Waals surface area (Å²) >= 11 is 0. The van der Waals surface area contributed by atoms with Crippen molar-refractivity contribution >= 4 is 5.91 Å². The van der Waals surface area contributed by atoms with Crippen LogP contribution in [-0.2, 0) is 11.3 Å². The first kappa shape index (κ1) is 10.8. The van der Waals surface area contributed by atoms with Crippen LogP contribution in [0, 0.1) is 5.92 Å². The molecule has 92 valence electrons. The predicted molar refractivity (Wildman–Crippen MR) is 63.1 cm³/mol. The second-order valence-electron chi connectivity index (χ2n) is 5.12. The minimum Gasteiger partial charge on any atom is -0.347 e. The van der Waals surface area contributed by atoms with Gasteiger partial charge in [0, 0.05) is 31.5 Å². The van der Waals surface area contributed by atoms with Crippen molar-refractivity contribution < 1.29 is 4.79 Å². The summed E-state index contributed by atoms with van der Waals surface area (Å²) in [5, 5.41) is 3.50. The van der Waals surface area contributed by atoms with Crippen molar-refractivity contribution in [3.63, 3.8) is 0 Å². The Morgan fingerprint density at radius 1 is 1.59 bits per heavy atom. The summed E-state index contributed by atoms with van der Waals surface area (Å²) < 4.78 is 0. The van der Waals surface area contributed by atoms with Crippen LogP contribution in [0.15, 0.2) is 12.4 Å². The summed E-state index contributed by atoms with van der Waals surface area (Å²) in [4.78, 5) is 21.3. The Morgan fingerprint density at radius 3 is 3.06 bits per heavy atom. The molecule has 0 aromatic carbocycles. The van der Waals surface area contributed by atoms with Crippen molar-refractivity contribution in [1.29, 1.82) is 0 Å². The van der Waals surface area contributed by atoms with Crippen molar-refractivity contribution in [3.8, 4) is 0 Å². The van der Waals surface area contributed by atoms with Crippen LogP contribution in [0.3, 0.4) is 0 Å². The molecule has 0 radical (unpaired) electrons. The Balaban J connectivity index is 1.62. The van der Waals surface area contributed by atoms with E-state index in [1.54, 1.807) is 17.3 Å². The molecule has 2 aliphatic heterocycles. The number of rotatable bonds is 3. The van der Waals surface area contributed by atoms with Crippen LogP contribution >= 0.6 is 0 Å². The summed E-state index contributed by atoms with van der Waals surface area (Å²) in [5.41, 5.74) is 0. The Labute approximate surface area is 101 Å². The maximum atomic E-state index is 12.3. The third kappa shape index (κ3) is 1.95. The molecular formula is C12H18N4O. The summed E-state index contributed by atoms with van der Waals surface area (Å²) in [6.45, 7) is 0.569. The molecule has 3 rings (SSSR count). The summed E-state index contributed by atoms with van der Waals surface area (Å²) in [5.74, 6) is 1.27. The van der Waals surface area contributed by atoms with Gasteiger partial charge < -0.3 is 15.2 Å². The fourth-order valence-electron chi connectivity index (χ4n) is 3.07. The van der Waals surface area contributed by atoms with Gasteiger partial charge in [-0.2, -0.15) is 0 Å². The minimum atomic E-state index is 0.175. The van der Waals surface area contributed by atoms with E-state index in [2.05, 4.69) is 15.3 Å². The molecular weight excluding hydrogens is 216 g/mol. The van der Waals surface area contributed by atoms with Crippen LogP contribution < -0.4 is 5.32 Å². The van der Waals surface area contributed by atoms with Crippen LogP contribution in [0.4, 0.5) is 0 Å². The number of H-pyrrole nitrogens is 1. The van der Waals surface area contributed by atoms with Crippen molar-refractivity contribution in [2.45, 2.75) is 37.9 Å². The Hall–Kier alpha value is -1.36. The molecule has 3 unspecified atom stereocenters. The number of imidazole rings is 1. The quantitative estimate of drug-likeness (QED) is 0.801. The molecule has 1 aromatic rings. The lowest BCUT2D eigenvalue weighted by molar-refractivity contribution is -0.135. The first-order valence-corrected chi connectivity index (χ1v) is 6.23. The SMILES string of the molecule is CN(Cc1ncc[nH]1)C(=O)C1CC2CCC1N2. The fourth-order valence-corrected chi connectivity index (χ4v) is 3.07. The molecule has 2 N–H and O–H groups in total. The number of nitrogens with one attached hydrogen (secondary N) is 2. The van der Waals surface area contributed by atoms with Gasteiger partial charge in [0.1, 0.15) is 5.82 Å². The lowest BCUT2D eigenvalue weighted by Gasteiger charge is -2.25. The summed E-state index contributed by atoms with van der Waals surface area (Å²) in [7, 11) is 1.86. The normalized spacial score (nSPS) is 30.8. The molecule has 2 bridgehead atoms. The van der Waals surface area contributed by atoms with Crippen LogP contribution in [0.2, 0.25) is 0 Å². The topological polar surface area (TPSA) is 61.0 Å². The highest BCUT2D eigenvalue weighted by Gasteiger charge is 2.43. The molecule has 1 aromatic heterocycles. The molecule has 5 nitrogen and oxygen atoms in total. The Kier molecular flexibility index (Phi) is 2.63. The molecule has 0 saturated carbocycles. The second-order valence-corrected chi connectivity index (χ2v) is 5.12. The average Bonchev–Trinajstić information content (AvgIpc) is 3.04. The van der Waals surface area contributed by atoms with Gasteiger partial charge >= 0.3 is 0 Å². The number of aromatic amines is 1. The average molecular weight is 234 g/mol. The first-order chi connectivity index (χ1) is 8.24. The van der Waals surface area contributed by atoms with E-state index in [9.17, 15) is 4.79 Å². The maximum Gasteiger partial charge on any atom is 0.227 e. The van der Waals surface area contributed by atoms with Crippen molar-refractivity contribution in [2.75, 3.05) is 7.05 Å². The van der Waals surface area contributed by atoms with Gasteiger partial charge in [0.25, 0.3) is 0 Å². The molecule has 0 aliphatic carbocycles. The zero-order chi connectivity index (χ0) is 11.8. The third-order valence-corrected chi connectivity index (χ3v) is 3.94. The highest BCUT2D eigenvalue weighted by molar-refractivity contribution is 5.80. The van der Waals surface area contributed by atoms with E-state index >= 15 is 0 Å². The highest BCUT2D eigenvalue weighted by Crippen LogP contribution is 2.34. The van der Waals surface area contributed by atoms with Crippen LogP contribution in [0.5, 0.6) is 0 Å². The van der Waals surface area contributed by atoms with Gasteiger partial charge in [-0.1, -0.05) is 0 Å². The number of aromatic nitrogens is 2. The lowest BCUT2D eigenvalue weighted by atomic mass is 9.88. The standard InChI is InChI=1S/C12H18N4O/c1-16(7-11-13-4-5-14-11)12(17)9-6-8-2-3-10(9)15-8/h4-5,8-10,15H,2-3,6-7H2,1H3,(H,13,14). The van der Waals surface area contributed by atoms with Gasteiger partial charge in [-0.15, -0.1) is 0 Å².